The van der Waals surface area contributed by atoms with E-state index in [0.29, 0.717) is 12.1 Å². The number of carbonyl (C=O) groups excluding carboxylic acids is 1. The van der Waals surface area contributed by atoms with E-state index in [1.807, 2.05) is 72.9 Å². The van der Waals surface area contributed by atoms with E-state index in [9.17, 15) is 4.79 Å². The maximum Gasteiger partial charge on any atom is 0.251 e. The number of nitrogens with zero attached hydrogens (tertiary/aromatic N) is 1. The minimum absolute atomic E-state index is 0.0680. The van der Waals surface area contributed by atoms with Gasteiger partial charge in [0.05, 0.1) is 0 Å². The SMILES string of the molecule is O=C(NCc1ccccc1-c1cccnc1)c1ccccc1. The number of carbonyl (C=O) groups is 1. The summed E-state index contributed by atoms with van der Waals surface area (Å²) in [6, 6.07) is 21.2. The number of hydrogen-bond acceptors (Lipinski definition) is 2. The molecular formula is C19H16N2O. The summed E-state index contributed by atoms with van der Waals surface area (Å²) in [5, 5.41) is 2.97. The van der Waals surface area contributed by atoms with E-state index in [2.05, 4.69) is 10.3 Å². The highest BCUT2D eigenvalue weighted by atomic mass is 16.1. The topological polar surface area (TPSA) is 42.0 Å². The predicted octanol–water partition coefficient (Wildman–Crippen LogP) is 3.68. The fourth-order valence-corrected chi connectivity index (χ4v) is 2.35. The van der Waals surface area contributed by atoms with E-state index < -0.39 is 0 Å². The zero-order valence-electron chi connectivity index (χ0n) is 12.1. The molecule has 2 aromatic carbocycles. The summed E-state index contributed by atoms with van der Waals surface area (Å²) in [6.07, 6.45) is 3.58. The van der Waals surface area contributed by atoms with E-state index in [4.69, 9.17) is 0 Å². The minimum Gasteiger partial charge on any atom is -0.348 e. The summed E-state index contributed by atoms with van der Waals surface area (Å²) in [7, 11) is 0. The molecule has 0 aliphatic heterocycles. The molecule has 0 aliphatic carbocycles. The maximum atomic E-state index is 12.1. The van der Waals surface area contributed by atoms with Crippen molar-refractivity contribution in [2.24, 2.45) is 0 Å². The van der Waals surface area contributed by atoms with Gasteiger partial charge in [-0.2, -0.15) is 0 Å². The molecule has 1 heterocycles. The number of hydrogen-bond donors (Lipinski definition) is 1. The van der Waals surface area contributed by atoms with E-state index in [0.717, 1.165) is 16.7 Å². The average molecular weight is 288 g/mol. The summed E-state index contributed by atoms with van der Waals surface area (Å²) in [4.78, 5) is 16.3. The normalized spacial score (nSPS) is 10.2. The van der Waals surface area contributed by atoms with Crippen molar-refractivity contribution in [1.82, 2.24) is 10.3 Å². The van der Waals surface area contributed by atoms with Gasteiger partial charge in [0.1, 0.15) is 0 Å². The molecule has 1 amide bonds. The lowest BCUT2D eigenvalue weighted by Gasteiger charge is -2.10. The molecule has 22 heavy (non-hydrogen) atoms. The Bertz CT molecular complexity index is 755. The molecule has 1 aromatic heterocycles. The summed E-state index contributed by atoms with van der Waals surface area (Å²) < 4.78 is 0. The van der Waals surface area contributed by atoms with Gasteiger partial charge in [0.15, 0.2) is 0 Å². The molecule has 0 aliphatic rings. The van der Waals surface area contributed by atoms with Crippen LogP contribution in [0.5, 0.6) is 0 Å². The number of benzene rings is 2. The van der Waals surface area contributed by atoms with E-state index in [-0.39, 0.29) is 5.91 Å². The van der Waals surface area contributed by atoms with Crippen LogP contribution in [0.2, 0.25) is 0 Å². The van der Waals surface area contributed by atoms with Crippen LogP contribution in [0, 0.1) is 0 Å². The van der Waals surface area contributed by atoms with Gasteiger partial charge in [0, 0.05) is 30.1 Å². The van der Waals surface area contributed by atoms with Crippen molar-refractivity contribution < 1.29 is 4.79 Å². The molecule has 0 radical (unpaired) electrons. The van der Waals surface area contributed by atoms with Gasteiger partial charge in [0.25, 0.3) is 5.91 Å². The van der Waals surface area contributed by atoms with Gasteiger partial charge in [-0.15, -0.1) is 0 Å². The standard InChI is InChI=1S/C19H16N2O/c22-19(15-7-2-1-3-8-15)21-14-17-9-4-5-11-18(17)16-10-6-12-20-13-16/h1-13H,14H2,(H,21,22). The van der Waals surface area contributed by atoms with Crippen LogP contribution in [0.1, 0.15) is 15.9 Å². The number of aromatic nitrogens is 1. The fraction of sp³-hybridized carbons (Fsp3) is 0.0526. The average Bonchev–Trinajstić information content (AvgIpc) is 2.61. The predicted molar refractivity (Wildman–Crippen MR) is 87.3 cm³/mol. The molecular weight excluding hydrogens is 272 g/mol. The molecule has 0 saturated carbocycles. The number of amides is 1. The Balaban J connectivity index is 1.78. The molecule has 3 rings (SSSR count). The van der Waals surface area contributed by atoms with Gasteiger partial charge < -0.3 is 5.32 Å². The molecule has 1 N–H and O–H groups in total. The highest BCUT2D eigenvalue weighted by Crippen LogP contribution is 2.22. The third-order valence-corrected chi connectivity index (χ3v) is 3.47. The van der Waals surface area contributed by atoms with Crippen LogP contribution in [0.15, 0.2) is 79.1 Å². The van der Waals surface area contributed by atoms with Crippen LogP contribution in [0.3, 0.4) is 0 Å². The third kappa shape index (κ3) is 3.20. The Hall–Kier alpha value is -2.94. The van der Waals surface area contributed by atoms with Gasteiger partial charge in [-0.1, -0.05) is 48.5 Å². The van der Waals surface area contributed by atoms with E-state index in [1.54, 1.807) is 6.20 Å². The minimum atomic E-state index is -0.0680. The first-order chi connectivity index (χ1) is 10.8. The summed E-state index contributed by atoms with van der Waals surface area (Å²) in [5.41, 5.74) is 3.87. The van der Waals surface area contributed by atoms with Crippen LogP contribution in [0.25, 0.3) is 11.1 Å². The molecule has 0 spiro atoms. The van der Waals surface area contributed by atoms with Crippen LogP contribution >= 0.6 is 0 Å². The second kappa shape index (κ2) is 6.68. The molecule has 0 unspecified atom stereocenters. The summed E-state index contributed by atoms with van der Waals surface area (Å²) >= 11 is 0. The molecule has 0 atom stereocenters. The molecule has 3 heteroatoms. The van der Waals surface area contributed by atoms with Gasteiger partial charge in [-0.05, 0) is 29.3 Å². The Morgan fingerprint density at radius 1 is 0.909 bits per heavy atom. The van der Waals surface area contributed by atoms with Crippen molar-refractivity contribution >= 4 is 5.91 Å². The Labute approximate surface area is 129 Å². The number of pyridine rings is 1. The molecule has 3 aromatic rings. The van der Waals surface area contributed by atoms with Crippen LogP contribution in [-0.2, 0) is 6.54 Å². The summed E-state index contributed by atoms with van der Waals surface area (Å²) in [5.74, 6) is -0.0680. The Morgan fingerprint density at radius 3 is 2.45 bits per heavy atom. The largest absolute Gasteiger partial charge is 0.348 e. The first-order valence-corrected chi connectivity index (χ1v) is 7.16. The zero-order valence-corrected chi connectivity index (χ0v) is 12.1. The van der Waals surface area contributed by atoms with Gasteiger partial charge in [-0.25, -0.2) is 0 Å². The second-order valence-electron chi connectivity index (χ2n) is 4.95. The first kappa shape index (κ1) is 14.0. The number of rotatable bonds is 4. The van der Waals surface area contributed by atoms with Crippen molar-refractivity contribution in [1.29, 1.82) is 0 Å². The zero-order chi connectivity index (χ0) is 15.2. The second-order valence-corrected chi connectivity index (χ2v) is 4.95. The van der Waals surface area contributed by atoms with Crippen molar-refractivity contribution in [2.45, 2.75) is 6.54 Å². The molecule has 0 bridgehead atoms. The van der Waals surface area contributed by atoms with E-state index in [1.165, 1.54) is 0 Å². The molecule has 108 valence electrons. The Kier molecular flexibility index (Phi) is 4.25. The highest BCUT2D eigenvalue weighted by Gasteiger charge is 2.07. The van der Waals surface area contributed by atoms with Crippen LogP contribution in [-0.4, -0.2) is 10.9 Å². The van der Waals surface area contributed by atoms with Crippen LogP contribution in [0.4, 0.5) is 0 Å². The molecule has 0 saturated heterocycles. The first-order valence-electron chi connectivity index (χ1n) is 7.16. The maximum absolute atomic E-state index is 12.1. The van der Waals surface area contributed by atoms with Gasteiger partial charge in [0.2, 0.25) is 0 Å². The molecule has 3 nitrogen and oxygen atoms in total. The Morgan fingerprint density at radius 2 is 1.68 bits per heavy atom. The molecule has 0 fully saturated rings. The lowest BCUT2D eigenvalue weighted by atomic mass is 10.0. The smallest absolute Gasteiger partial charge is 0.251 e. The van der Waals surface area contributed by atoms with Crippen molar-refractivity contribution in [3.8, 4) is 11.1 Å². The third-order valence-electron chi connectivity index (χ3n) is 3.47. The van der Waals surface area contributed by atoms with Crippen molar-refractivity contribution in [3.63, 3.8) is 0 Å². The fourth-order valence-electron chi connectivity index (χ4n) is 2.35. The van der Waals surface area contributed by atoms with Gasteiger partial charge in [-0.3, -0.25) is 9.78 Å². The van der Waals surface area contributed by atoms with E-state index >= 15 is 0 Å². The number of nitrogens with one attached hydrogen (secondary N) is 1. The van der Waals surface area contributed by atoms with Crippen molar-refractivity contribution in [3.05, 3.63) is 90.3 Å². The highest BCUT2D eigenvalue weighted by molar-refractivity contribution is 5.94. The lowest BCUT2D eigenvalue weighted by Crippen LogP contribution is -2.22. The quantitative estimate of drug-likeness (QED) is 0.795. The van der Waals surface area contributed by atoms with Crippen LogP contribution < -0.4 is 5.32 Å². The van der Waals surface area contributed by atoms with Crippen molar-refractivity contribution in [2.75, 3.05) is 0 Å². The monoisotopic (exact) mass is 288 g/mol. The van der Waals surface area contributed by atoms with Gasteiger partial charge >= 0.3 is 0 Å². The lowest BCUT2D eigenvalue weighted by molar-refractivity contribution is 0.0951. The summed E-state index contributed by atoms with van der Waals surface area (Å²) in [6.45, 7) is 0.485.